The van der Waals surface area contributed by atoms with Gasteiger partial charge in [-0.3, -0.25) is 4.72 Å². The Balaban J connectivity index is 2.84. The summed E-state index contributed by atoms with van der Waals surface area (Å²) in [5.74, 6) is 0.396. The molecule has 0 saturated heterocycles. The van der Waals surface area contributed by atoms with Gasteiger partial charge in [-0.2, -0.15) is 5.26 Å². The van der Waals surface area contributed by atoms with Crippen LogP contribution in [-0.2, 0) is 10.0 Å². The molecular formula is C11H12Cl2N2O2S. The molecule has 0 aliphatic rings. The van der Waals surface area contributed by atoms with Crippen LogP contribution < -0.4 is 4.72 Å². The second kappa shape index (κ2) is 6.83. The van der Waals surface area contributed by atoms with E-state index in [0.717, 1.165) is 0 Å². The second-order valence-electron chi connectivity index (χ2n) is 3.62. The standard InChI is InChI=1S/C11H12Cl2N2O2S/c12-5-1-2-6-18(16,17)15-11-7-10(13)4-3-9(11)8-14/h3-4,7,15H,1-2,5-6H2. The molecule has 0 aromatic heterocycles. The van der Waals surface area contributed by atoms with E-state index in [1.807, 2.05) is 6.07 Å². The van der Waals surface area contributed by atoms with Gasteiger partial charge < -0.3 is 0 Å². The van der Waals surface area contributed by atoms with Crippen molar-refractivity contribution >= 4 is 38.9 Å². The number of alkyl halides is 1. The highest BCUT2D eigenvalue weighted by Gasteiger charge is 2.13. The Labute approximate surface area is 117 Å². The molecular weight excluding hydrogens is 295 g/mol. The van der Waals surface area contributed by atoms with E-state index in [2.05, 4.69) is 4.72 Å². The molecule has 0 heterocycles. The third kappa shape index (κ3) is 4.73. The molecule has 98 valence electrons. The molecule has 0 aliphatic heterocycles. The summed E-state index contributed by atoms with van der Waals surface area (Å²) in [6.45, 7) is 0. The summed E-state index contributed by atoms with van der Waals surface area (Å²) in [5, 5.41) is 9.24. The molecule has 1 aromatic carbocycles. The van der Waals surface area contributed by atoms with Gasteiger partial charge in [0.2, 0.25) is 10.0 Å². The molecule has 7 heteroatoms. The number of sulfonamides is 1. The van der Waals surface area contributed by atoms with Crippen molar-refractivity contribution in [3.63, 3.8) is 0 Å². The first-order chi connectivity index (χ1) is 8.48. The van der Waals surface area contributed by atoms with Crippen LogP contribution in [-0.4, -0.2) is 20.1 Å². The summed E-state index contributed by atoms with van der Waals surface area (Å²) in [6, 6.07) is 6.33. The van der Waals surface area contributed by atoms with Gasteiger partial charge in [0.05, 0.1) is 17.0 Å². The normalized spacial score (nSPS) is 10.9. The zero-order chi connectivity index (χ0) is 13.6. The lowest BCUT2D eigenvalue weighted by Crippen LogP contribution is -2.17. The van der Waals surface area contributed by atoms with E-state index < -0.39 is 10.0 Å². The fourth-order valence-electron chi connectivity index (χ4n) is 1.30. The van der Waals surface area contributed by atoms with Gasteiger partial charge in [-0.25, -0.2) is 8.42 Å². The highest BCUT2D eigenvalue weighted by atomic mass is 35.5. The molecule has 0 radical (unpaired) electrons. The maximum Gasteiger partial charge on any atom is 0.232 e. The zero-order valence-electron chi connectivity index (χ0n) is 9.49. The molecule has 1 rings (SSSR count). The van der Waals surface area contributed by atoms with Gasteiger partial charge in [-0.1, -0.05) is 11.6 Å². The van der Waals surface area contributed by atoms with E-state index in [1.165, 1.54) is 18.2 Å². The van der Waals surface area contributed by atoms with Gasteiger partial charge in [0.15, 0.2) is 0 Å². The molecule has 0 aliphatic carbocycles. The molecule has 0 unspecified atom stereocenters. The Kier molecular flexibility index (Phi) is 5.73. The molecule has 0 amide bonds. The van der Waals surface area contributed by atoms with Crippen molar-refractivity contribution in [2.75, 3.05) is 16.4 Å². The summed E-state index contributed by atoms with van der Waals surface area (Å²) >= 11 is 11.3. The number of nitriles is 1. The van der Waals surface area contributed by atoms with Crippen molar-refractivity contribution in [2.24, 2.45) is 0 Å². The monoisotopic (exact) mass is 306 g/mol. The lowest BCUT2D eigenvalue weighted by atomic mass is 10.2. The van der Waals surface area contributed by atoms with Crippen LogP contribution in [0.25, 0.3) is 0 Å². The van der Waals surface area contributed by atoms with Gasteiger partial charge in [-0.15, -0.1) is 11.6 Å². The van der Waals surface area contributed by atoms with Gasteiger partial charge in [0.25, 0.3) is 0 Å². The van der Waals surface area contributed by atoms with E-state index >= 15 is 0 Å². The maximum absolute atomic E-state index is 11.7. The number of hydrogen-bond donors (Lipinski definition) is 1. The van der Waals surface area contributed by atoms with Crippen molar-refractivity contribution in [1.29, 1.82) is 5.26 Å². The highest BCUT2D eigenvalue weighted by molar-refractivity contribution is 7.92. The Hall–Kier alpha value is -0.960. The Bertz CT molecular complexity index is 553. The molecule has 18 heavy (non-hydrogen) atoms. The first kappa shape index (κ1) is 15.1. The number of nitrogens with zero attached hydrogens (tertiary/aromatic N) is 1. The van der Waals surface area contributed by atoms with E-state index in [1.54, 1.807) is 0 Å². The average Bonchev–Trinajstić information content (AvgIpc) is 2.29. The van der Waals surface area contributed by atoms with Crippen molar-refractivity contribution in [1.82, 2.24) is 0 Å². The smallest absolute Gasteiger partial charge is 0.232 e. The number of rotatable bonds is 6. The first-order valence-corrected chi connectivity index (χ1v) is 7.81. The number of halogens is 2. The zero-order valence-corrected chi connectivity index (χ0v) is 11.8. The van der Waals surface area contributed by atoms with Gasteiger partial charge in [0, 0.05) is 10.9 Å². The van der Waals surface area contributed by atoms with Crippen LogP contribution in [0, 0.1) is 11.3 Å². The summed E-state index contributed by atoms with van der Waals surface area (Å²) in [7, 11) is -3.47. The van der Waals surface area contributed by atoms with Crippen molar-refractivity contribution in [2.45, 2.75) is 12.8 Å². The molecule has 0 spiro atoms. The predicted octanol–water partition coefficient (Wildman–Crippen LogP) is 2.97. The maximum atomic E-state index is 11.7. The summed E-state index contributed by atoms with van der Waals surface area (Å²) in [6.07, 6.45) is 1.10. The minimum Gasteiger partial charge on any atom is -0.282 e. The first-order valence-electron chi connectivity index (χ1n) is 5.24. The Morgan fingerprint density at radius 3 is 2.67 bits per heavy atom. The van der Waals surface area contributed by atoms with E-state index in [4.69, 9.17) is 28.5 Å². The molecule has 4 nitrogen and oxygen atoms in total. The molecule has 0 bridgehead atoms. The average molecular weight is 307 g/mol. The topological polar surface area (TPSA) is 70.0 Å². The van der Waals surface area contributed by atoms with Crippen LogP contribution in [0.15, 0.2) is 18.2 Å². The molecule has 1 aromatic rings. The van der Waals surface area contributed by atoms with Crippen LogP contribution >= 0.6 is 23.2 Å². The van der Waals surface area contributed by atoms with E-state index in [0.29, 0.717) is 23.7 Å². The molecule has 0 atom stereocenters. The van der Waals surface area contributed by atoms with Gasteiger partial charge in [0.1, 0.15) is 6.07 Å². The van der Waals surface area contributed by atoms with E-state index in [9.17, 15) is 8.42 Å². The Morgan fingerprint density at radius 1 is 1.33 bits per heavy atom. The number of unbranched alkanes of at least 4 members (excludes halogenated alkanes) is 1. The second-order valence-corrected chi connectivity index (χ2v) is 6.28. The van der Waals surface area contributed by atoms with Crippen LogP contribution in [0.3, 0.4) is 0 Å². The lowest BCUT2D eigenvalue weighted by Gasteiger charge is -2.09. The minimum absolute atomic E-state index is 0.0307. The molecule has 1 N–H and O–H groups in total. The van der Waals surface area contributed by atoms with Crippen LogP contribution in [0.4, 0.5) is 5.69 Å². The minimum atomic E-state index is -3.47. The lowest BCUT2D eigenvalue weighted by molar-refractivity contribution is 0.598. The fraction of sp³-hybridized carbons (Fsp3) is 0.364. The van der Waals surface area contributed by atoms with Crippen LogP contribution in [0.1, 0.15) is 18.4 Å². The molecule has 0 fully saturated rings. The number of nitrogens with one attached hydrogen (secondary N) is 1. The van der Waals surface area contributed by atoms with Crippen molar-refractivity contribution < 1.29 is 8.42 Å². The van der Waals surface area contributed by atoms with Crippen LogP contribution in [0.2, 0.25) is 5.02 Å². The van der Waals surface area contributed by atoms with Crippen LogP contribution in [0.5, 0.6) is 0 Å². The third-order valence-corrected chi connectivity index (χ3v) is 4.02. The molecule has 0 saturated carbocycles. The predicted molar refractivity (Wildman–Crippen MR) is 73.5 cm³/mol. The SMILES string of the molecule is N#Cc1ccc(Cl)cc1NS(=O)(=O)CCCCCl. The van der Waals surface area contributed by atoms with Crippen molar-refractivity contribution in [3.8, 4) is 6.07 Å². The van der Waals surface area contributed by atoms with Crippen molar-refractivity contribution in [3.05, 3.63) is 28.8 Å². The quantitative estimate of drug-likeness (QED) is 0.649. The van der Waals surface area contributed by atoms with Gasteiger partial charge in [-0.05, 0) is 31.0 Å². The number of benzene rings is 1. The largest absolute Gasteiger partial charge is 0.282 e. The summed E-state index contributed by atoms with van der Waals surface area (Å²) in [4.78, 5) is 0. The fourth-order valence-corrected chi connectivity index (χ4v) is 2.85. The van der Waals surface area contributed by atoms with Gasteiger partial charge >= 0.3 is 0 Å². The summed E-state index contributed by atoms with van der Waals surface area (Å²) in [5.41, 5.74) is 0.441. The van der Waals surface area contributed by atoms with E-state index in [-0.39, 0.29) is 17.0 Å². The third-order valence-electron chi connectivity index (χ3n) is 2.16. The Morgan fingerprint density at radius 2 is 2.06 bits per heavy atom. The number of anilines is 1. The highest BCUT2D eigenvalue weighted by Crippen LogP contribution is 2.21. The summed E-state index contributed by atoms with van der Waals surface area (Å²) < 4.78 is 25.9. The number of hydrogen-bond acceptors (Lipinski definition) is 3.